The number of methoxy groups -OCH3 is 1. The van der Waals surface area contributed by atoms with Crippen LogP contribution in [0.4, 0.5) is 5.82 Å². The number of carboxylic acids is 2. The highest BCUT2D eigenvalue weighted by Crippen LogP contribution is 2.42. The Bertz CT molecular complexity index is 4320. The number of nitrogens with zero attached hydrogens (tertiary/aromatic N) is 9. The number of aryl methyl sites for hydroxylation is 1. The third kappa shape index (κ3) is 14.9. The Kier molecular flexibility index (Phi) is 20.7. The summed E-state index contributed by atoms with van der Waals surface area (Å²) in [5, 5.41) is 40.5. The molecule has 30 heteroatoms. The van der Waals surface area contributed by atoms with Crippen LogP contribution in [0, 0.1) is 24.7 Å². The summed E-state index contributed by atoms with van der Waals surface area (Å²) in [5.74, 6) is -6.46. The van der Waals surface area contributed by atoms with Crippen molar-refractivity contribution < 1.29 is 53.3 Å². The number of thiazole rings is 6. The van der Waals surface area contributed by atoms with Gasteiger partial charge >= 0.3 is 11.9 Å². The number of aromatic carboxylic acids is 1. The van der Waals surface area contributed by atoms with E-state index in [2.05, 4.69) is 26.3 Å². The summed E-state index contributed by atoms with van der Waals surface area (Å²) in [5.41, 5.74) is 3.71. The molecule has 1 aliphatic heterocycles. The quantitative estimate of drug-likeness (QED) is 0.0589. The van der Waals surface area contributed by atoms with Gasteiger partial charge in [-0.2, -0.15) is 0 Å². The number of Topliss-reactive ketones (excluding diaryl/α,β-unsaturated/α-hetero) is 1. The molecule has 9 aromatic rings. The van der Waals surface area contributed by atoms with Crippen molar-refractivity contribution in [2.75, 3.05) is 25.6 Å². The number of aliphatic carboxylic acids is 1. The zero-order chi connectivity index (χ0) is 66.5. The second kappa shape index (κ2) is 29.2. The van der Waals surface area contributed by atoms with Gasteiger partial charge in [-0.25, -0.2) is 44.7 Å². The Balaban J connectivity index is 0.988. The lowest BCUT2D eigenvalue weighted by Crippen LogP contribution is -2.40. The smallest absolute Gasteiger partial charge is 0.354 e. The lowest BCUT2D eigenvalue weighted by atomic mass is 9.81. The monoisotopic (exact) mass is 1380 g/mol. The number of carboxylic acid groups (broad SMARTS) is 2. The molecule has 5 amide bonds. The summed E-state index contributed by atoms with van der Waals surface area (Å²) in [6.45, 7) is 7.26. The molecule has 1 saturated carbocycles. The number of fused-ring (bicyclic) bond motifs is 14. The van der Waals surface area contributed by atoms with Crippen molar-refractivity contribution in [3.05, 3.63) is 141 Å². The number of hydrogen-bond acceptors (Lipinski definition) is 23. The van der Waals surface area contributed by atoms with Crippen LogP contribution in [0.15, 0.2) is 82.3 Å². The van der Waals surface area contributed by atoms with E-state index in [1.54, 1.807) is 35.9 Å². The third-order valence-electron chi connectivity index (χ3n) is 16.3. The van der Waals surface area contributed by atoms with E-state index < -0.39 is 71.9 Å². The number of rotatable bonds is 14. The largest absolute Gasteiger partial charge is 0.481 e. The van der Waals surface area contributed by atoms with Gasteiger partial charge < -0.3 is 36.2 Å². The minimum Gasteiger partial charge on any atom is -0.481 e. The molecular weight excluding hydrogens is 1320 g/mol. The molecule has 1 aliphatic carbocycles. The minimum absolute atomic E-state index is 0.0117. The number of carbonyl (C=O) groups is 8. The number of ketones is 1. The number of aromatic nitrogens is 8. The first-order chi connectivity index (χ1) is 45.2. The predicted molar refractivity (Wildman–Crippen MR) is 357 cm³/mol. The van der Waals surface area contributed by atoms with Crippen LogP contribution in [0.5, 0.6) is 0 Å². The SMILES string of the molecule is CNC(=O)C[C@@H]1NC(=O)c2csc(n2)-c2ccc(-c3nc(N(Cc4ccc(C(=O)O)nc4)C(=O)C4CCC(C(=O)O)CC4)cs3)nc2-c2csc(n2)-c2csc(n2)[C@H]([C@@H](C)c2ccccc2)NC(=O)CNC(=O)c2nc(sc2COC)C(C(C)C)CC(=O)c2nc1sc2C. The standard InChI is InChI=1S/C64H63N13O11S6/c1-30(2)38-20-45(78)51-32(4)93-60(75-51)41(21-48(79)65-5)69-54(81)43-27-89-56(71-43)37-17-19-39(58-73-47(29-92-58)77(24-33-12-18-40(64(86)87)66-22-33)62(83)35-13-15-36(16-14-35)63(84)85)68-52(37)42-26-90-59(70-42)44-28-91-61(72-44)50(31(3)34-10-8-7-9-11-34)74-49(80)23-67-55(82)53-46(25-88-6)94-57(38)76-53/h7-12,17-19,22,26-31,35-36,38,41,50H,13-16,20-21,23-25H2,1-6H3,(H,65,79)(H,67,82)(H,69,81)(H,74,80)(H,84,85)(H,86,87)/t31-,35?,36?,38?,41-,50-/m0/s1. The van der Waals surface area contributed by atoms with Crippen LogP contribution in [-0.4, -0.2) is 118 Å². The van der Waals surface area contributed by atoms with E-state index in [0.717, 1.165) is 5.56 Å². The Morgan fingerprint density at radius 3 is 2.12 bits per heavy atom. The summed E-state index contributed by atoms with van der Waals surface area (Å²) in [6, 6.07) is 14.5. The average Bonchev–Trinajstić information content (AvgIpc) is 1.60. The number of anilines is 1. The zero-order valence-electron chi connectivity index (χ0n) is 51.5. The van der Waals surface area contributed by atoms with Crippen LogP contribution in [0.2, 0.25) is 0 Å². The highest BCUT2D eigenvalue weighted by molar-refractivity contribution is 7.15. The number of ether oxygens (including phenoxy) is 1. The molecule has 1 aromatic carbocycles. The second-order valence-corrected chi connectivity index (χ2v) is 28.8. The van der Waals surface area contributed by atoms with Gasteiger partial charge in [-0.15, -0.1) is 68.0 Å². The first kappa shape index (κ1) is 66.7. The fourth-order valence-electron chi connectivity index (χ4n) is 11.1. The van der Waals surface area contributed by atoms with Crippen LogP contribution >= 0.6 is 68.0 Å². The highest BCUT2D eigenvalue weighted by Gasteiger charge is 2.36. The number of amides is 5. The van der Waals surface area contributed by atoms with E-state index in [9.17, 15) is 48.6 Å². The molecule has 10 bridgehead atoms. The van der Waals surface area contributed by atoms with Crippen LogP contribution < -0.4 is 26.2 Å². The van der Waals surface area contributed by atoms with E-state index in [-0.39, 0.29) is 78.1 Å². The van der Waals surface area contributed by atoms with Gasteiger partial charge in [0.1, 0.15) is 70.7 Å². The molecule has 0 spiro atoms. The van der Waals surface area contributed by atoms with E-state index in [1.165, 1.54) is 99.3 Å². The molecule has 0 saturated heterocycles. The van der Waals surface area contributed by atoms with Gasteiger partial charge in [0.2, 0.25) is 17.7 Å². The summed E-state index contributed by atoms with van der Waals surface area (Å²) in [4.78, 5) is 150. The van der Waals surface area contributed by atoms with E-state index >= 15 is 0 Å². The van der Waals surface area contributed by atoms with E-state index in [0.29, 0.717) is 99.4 Å². The zero-order valence-corrected chi connectivity index (χ0v) is 56.4. The minimum atomic E-state index is -1.21. The van der Waals surface area contributed by atoms with Crippen LogP contribution in [0.25, 0.3) is 43.4 Å². The molecule has 1 fully saturated rings. The Hall–Kier alpha value is -8.78. The molecule has 8 aromatic heterocycles. The topological polar surface area (TPSA) is 341 Å². The second-order valence-electron chi connectivity index (χ2n) is 22.9. The van der Waals surface area contributed by atoms with Crippen molar-refractivity contribution in [3.63, 3.8) is 0 Å². The lowest BCUT2D eigenvalue weighted by Gasteiger charge is -2.30. The molecule has 2 aliphatic rings. The van der Waals surface area contributed by atoms with Gasteiger partial charge in [-0.3, -0.25) is 38.5 Å². The number of pyridine rings is 2. The van der Waals surface area contributed by atoms with Crippen molar-refractivity contribution in [3.8, 4) is 43.4 Å². The van der Waals surface area contributed by atoms with Gasteiger partial charge in [0.25, 0.3) is 11.8 Å². The van der Waals surface area contributed by atoms with Crippen molar-refractivity contribution in [1.29, 1.82) is 0 Å². The summed E-state index contributed by atoms with van der Waals surface area (Å²) >= 11 is 7.46. The fourth-order valence-corrected chi connectivity index (χ4v) is 16.8. The van der Waals surface area contributed by atoms with Crippen LogP contribution in [0.1, 0.15) is 161 Å². The predicted octanol–water partition coefficient (Wildman–Crippen LogP) is 10.8. The lowest BCUT2D eigenvalue weighted by molar-refractivity contribution is -0.144. The maximum atomic E-state index is 14.6. The van der Waals surface area contributed by atoms with Crippen molar-refractivity contribution in [2.45, 2.75) is 103 Å². The average molecular weight is 1380 g/mol. The van der Waals surface area contributed by atoms with Gasteiger partial charge in [-0.05, 0) is 67.9 Å². The molecule has 0 radical (unpaired) electrons. The summed E-state index contributed by atoms with van der Waals surface area (Å²) < 4.78 is 5.51. The molecule has 1 unspecified atom stereocenters. The molecule has 11 rings (SSSR count). The first-order valence-corrected chi connectivity index (χ1v) is 35.1. The van der Waals surface area contributed by atoms with Crippen molar-refractivity contribution in [2.24, 2.45) is 17.8 Å². The Labute approximate surface area is 562 Å². The molecule has 486 valence electrons. The highest BCUT2D eigenvalue weighted by atomic mass is 32.1. The number of benzene rings is 1. The summed E-state index contributed by atoms with van der Waals surface area (Å²) in [7, 11) is 2.98. The van der Waals surface area contributed by atoms with E-state index in [1.807, 2.05) is 61.9 Å². The molecule has 4 atom stereocenters. The Morgan fingerprint density at radius 2 is 1.40 bits per heavy atom. The van der Waals surface area contributed by atoms with Crippen molar-refractivity contribution >= 4 is 121 Å². The van der Waals surface area contributed by atoms with Gasteiger partial charge in [-0.1, -0.05) is 57.2 Å². The Morgan fingerprint density at radius 1 is 0.702 bits per heavy atom. The molecule has 6 N–H and O–H groups in total. The molecule has 24 nitrogen and oxygen atoms in total. The van der Waals surface area contributed by atoms with Gasteiger partial charge in [0, 0.05) is 76.5 Å². The fraction of sp³-hybridized carbons (Fsp3) is 0.344. The first-order valence-electron chi connectivity index (χ1n) is 29.9. The van der Waals surface area contributed by atoms with Crippen LogP contribution in [-0.2, 0) is 37.1 Å². The third-order valence-corrected chi connectivity index (χ3v) is 22.1. The molecule has 94 heavy (non-hydrogen) atoms. The van der Waals surface area contributed by atoms with E-state index in [4.69, 9.17) is 39.6 Å². The molecule has 9 heterocycles. The number of hydrogen-bond donors (Lipinski definition) is 6. The van der Waals surface area contributed by atoms with Crippen molar-refractivity contribution in [1.82, 2.24) is 61.1 Å². The molecular formula is C64H63N13O11S6. The normalized spacial score (nSPS) is 18.4. The van der Waals surface area contributed by atoms with Gasteiger partial charge in [0.15, 0.2) is 5.78 Å². The van der Waals surface area contributed by atoms with Crippen LogP contribution in [0.3, 0.4) is 0 Å². The maximum absolute atomic E-state index is 14.6. The maximum Gasteiger partial charge on any atom is 0.354 e. The number of nitrogens with one attached hydrogen (secondary N) is 4. The summed E-state index contributed by atoms with van der Waals surface area (Å²) in [6.07, 6.45) is 2.51. The van der Waals surface area contributed by atoms with Gasteiger partial charge in [0.05, 0.1) is 59.7 Å². The number of carbonyl (C=O) groups excluding carboxylic acids is 6.